The van der Waals surface area contributed by atoms with E-state index in [4.69, 9.17) is 10.5 Å². The summed E-state index contributed by atoms with van der Waals surface area (Å²) < 4.78 is 5.00. The number of allylic oxidation sites excluding steroid dienone is 1. The summed E-state index contributed by atoms with van der Waals surface area (Å²) in [6.45, 7) is 4.42. The zero-order chi connectivity index (χ0) is 12.9. The lowest BCUT2D eigenvalue weighted by atomic mass is 10.1. The van der Waals surface area contributed by atoms with Gasteiger partial charge in [-0.25, -0.2) is 4.79 Å². The Morgan fingerprint density at radius 3 is 2.12 bits per heavy atom. The van der Waals surface area contributed by atoms with Crippen LogP contribution in [-0.2, 0) is 9.53 Å². The summed E-state index contributed by atoms with van der Waals surface area (Å²) >= 11 is 0. The molecule has 3 heteroatoms. The molecule has 0 aromatic carbocycles. The first-order chi connectivity index (χ1) is 8.16. The van der Waals surface area contributed by atoms with Crippen LogP contribution in [0.5, 0.6) is 0 Å². The third-order valence-electron chi connectivity index (χ3n) is 2.59. The van der Waals surface area contributed by atoms with Crippen molar-refractivity contribution >= 4 is 5.97 Å². The molecule has 0 radical (unpaired) electrons. The Balaban J connectivity index is 3.18. The van der Waals surface area contributed by atoms with Crippen LogP contribution in [0.4, 0.5) is 0 Å². The van der Waals surface area contributed by atoms with Crippen molar-refractivity contribution in [3.8, 4) is 0 Å². The van der Waals surface area contributed by atoms with Crippen molar-refractivity contribution in [2.75, 3.05) is 6.61 Å². The van der Waals surface area contributed by atoms with Gasteiger partial charge in [0.25, 0.3) is 0 Å². The van der Waals surface area contributed by atoms with Crippen LogP contribution in [0.15, 0.2) is 11.8 Å². The zero-order valence-corrected chi connectivity index (χ0v) is 11.3. The third kappa shape index (κ3) is 12.9. The van der Waals surface area contributed by atoms with Gasteiger partial charge in [0, 0.05) is 11.8 Å². The fourth-order valence-corrected chi connectivity index (χ4v) is 1.64. The van der Waals surface area contributed by atoms with E-state index in [2.05, 4.69) is 6.92 Å². The molecule has 0 aliphatic carbocycles. The maximum atomic E-state index is 11.1. The number of unbranched alkanes of at least 4 members (excludes halogenated alkanes) is 7. The van der Waals surface area contributed by atoms with Gasteiger partial charge < -0.3 is 10.5 Å². The molecule has 0 heterocycles. The molecule has 0 aromatic rings. The first-order valence-corrected chi connectivity index (χ1v) is 6.77. The predicted octanol–water partition coefficient (Wildman–Crippen LogP) is 3.53. The quantitative estimate of drug-likeness (QED) is 0.361. The molecule has 0 aromatic heterocycles. The van der Waals surface area contributed by atoms with Crippen molar-refractivity contribution in [1.82, 2.24) is 0 Å². The first-order valence-electron chi connectivity index (χ1n) is 6.77. The van der Waals surface area contributed by atoms with E-state index in [0.717, 1.165) is 12.8 Å². The standard InChI is InChI=1S/C14H27NO2/c1-3-4-5-6-7-8-9-10-11-17-14(16)12-13(2)15/h12H,3-11,15H2,1-2H3. The molecule has 0 amide bonds. The van der Waals surface area contributed by atoms with Crippen LogP contribution in [-0.4, -0.2) is 12.6 Å². The average molecular weight is 241 g/mol. The summed E-state index contributed by atoms with van der Waals surface area (Å²) in [5.74, 6) is -0.326. The Hall–Kier alpha value is -0.990. The minimum absolute atomic E-state index is 0.326. The molecule has 100 valence electrons. The van der Waals surface area contributed by atoms with E-state index in [0.29, 0.717) is 12.3 Å². The van der Waals surface area contributed by atoms with Crippen LogP contribution in [0.3, 0.4) is 0 Å². The van der Waals surface area contributed by atoms with E-state index >= 15 is 0 Å². The van der Waals surface area contributed by atoms with Gasteiger partial charge in [-0.2, -0.15) is 0 Å². The Morgan fingerprint density at radius 1 is 1.06 bits per heavy atom. The van der Waals surface area contributed by atoms with E-state index in [-0.39, 0.29) is 5.97 Å². The van der Waals surface area contributed by atoms with Gasteiger partial charge in [0.05, 0.1) is 6.61 Å². The second-order valence-corrected chi connectivity index (χ2v) is 4.53. The summed E-state index contributed by atoms with van der Waals surface area (Å²) in [4.78, 5) is 11.1. The van der Waals surface area contributed by atoms with Crippen molar-refractivity contribution in [2.45, 2.75) is 65.2 Å². The lowest BCUT2D eigenvalue weighted by Crippen LogP contribution is -2.05. The molecule has 0 aliphatic heterocycles. The van der Waals surface area contributed by atoms with E-state index in [1.165, 1.54) is 44.6 Å². The summed E-state index contributed by atoms with van der Waals surface area (Å²) in [6, 6.07) is 0. The zero-order valence-electron chi connectivity index (χ0n) is 11.3. The second-order valence-electron chi connectivity index (χ2n) is 4.53. The molecule has 0 bridgehead atoms. The fourth-order valence-electron chi connectivity index (χ4n) is 1.64. The predicted molar refractivity (Wildman–Crippen MR) is 71.5 cm³/mol. The third-order valence-corrected chi connectivity index (χ3v) is 2.59. The van der Waals surface area contributed by atoms with Crippen molar-refractivity contribution < 1.29 is 9.53 Å². The molecular formula is C14H27NO2. The van der Waals surface area contributed by atoms with Gasteiger partial charge in [-0.1, -0.05) is 51.9 Å². The minimum Gasteiger partial charge on any atom is -0.462 e. The van der Waals surface area contributed by atoms with E-state index < -0.39 is 0 Å². The number of ether oxygens (including phenoxy) is 1. The number of nitrogens with two attached hydrogens (primary N) is 1. The summed E-state index contributed by atoms with van der Waals surface area (Å²) in [5.41, 5.74) is 5.86. The van der Waals surface area contributed by atoms with Crippen LogP contribution in [0.2, 0.25) is 0 Å². The number of carbonyl (C=O) groups excluding carboxylic acids is 1. The normalized spacial score (nSPS) is 11.5. The highest BCUT2D eigenvalue weighted by molar-refractivity contribution is 5.82. The molecule has 0 unspecified atom stereocenters. The van der Waals surface area contributed by atoms with E-state index in [1.807, 2.05) is 0 Å². The number of hydrogen-bond donors (Lipinski definition) is 1. The SMILES string of the molecule is CCCCCCCCCCOC(=O)C=C(C)N. The van der Waals surface area contributed by atoms with Crippen molar-refractivity contribution in [3.63, 3.8) is 0 Å². The molecular weight excluding hydrogens is 214 g/mol. The van der Waals surface area contributed by atoms with Gasteiger partial charge in [-0.15, -0.1) is 0 Å². The Bertz CT molecular complexity index is 220. The lowest BCUT2D eigenvalue weighted by Gasteiger charge is -2.03. The Labute approximate surface area is 105 Å². The molecule has 2 N–H and O–H groups in total. The maximum Gasteiger partial charge on any atom is 0.332 e. The minimum atomic E-state index is -0.326. The van der Waals surface area contributed by atoms with Crippen LogP contribution in [0.1, 0.15) is 65.2 Å². The maximum absolute atomic E-state index is 11.1. The molecule has 17 heavy (non-hydrogen) atoms. The topological polar surface area (TPSA) is 52.3 Å². The average Bonchev–Trinajstić information content (AvgIpc) is 2.26. The van der Waals surface area contributed by atoms with Crippen LogP contribution >= 0.6 is 0 Å². The Kier molecular flexibility index (Phi) is 10.8. The van der Waals surface area contributed by atoms with Gasteiger partial charge in [0.15, 0.2) is 0 Å². The van der Waals surface area contributed by atoms with Gasteiger partial charge in [-0.05, 0) is 13.3 Å². The summed E-state index contributed by atoms with van der Waals surface area (Å²) in [6.07, 6.45) is 11.3. The lowest BCUT2D eigenvalue weighted by molar-refractivity contribution is -0.137. The number of rotatable bonds is 10. The van der Waals surface area contributed by atoms with Gasteiger partial charge in [0.1, 0.15) is 0 Å². The highest BCUT2D eigenvalue weighted by atomic mass is 16.5. The largest absolute Gasteiger partial charge is 0.462 e. The summed E-state index contributed by atoms with van der Waals surface area (Å²) in [7, 11) is 0. The van der Waals surface area contributed by atoms with Gasteiger partial charge in [0.2, 0.25) is 0 Å². The molecule has 0 aliphatic rings. The smallest absolute Gasteiger partial charge is 0.332 e. The summed E-state index contributed by atoms with van der Waals surface area (Å²) in [5, 5.41) is 0. The molecule has 0 saturated carbocycles. The first kappa shape index (κ1) is 16.0. The number of hydrogen-bond acceptors (Lipinski definition) is 3. The fraction of sp³-hybridized carbons (Fsp3) is 0.786. The van der Waals surface area contributed by atoms with Crippen LogP contribution in [0.25, 0.3) is 0 Å². The van der Waals surface area contributed by atoms with E-state index in [1.54, 1.807) is 6.92 Å². The molecule has 0 fully saturated rings. The monoisotopic (exact) mass is 241 g/mol. The van der Waals surface area contributed by atoms with Crippen molar-refractivity contribution in [2.24, 2.45) is 5.73 Å². The van der Waals surface area contributed by atoms with Crippen molar-refractivity contribution in [3.05, 3.63) is 11.8 Å². The number of carbonyl (C=O) groups is 1. The van der Waals surface area contributed by atoms with Crippen LogP contribution in [0, 0.1) is 0 Å². The molecule has 3 nitrogen and oxygen atoms in total. The highest BCUT2D eigenvalue weighted by Crippen LogP contribution is 2.08. The highest BCUT2D eigenvalue weighted by Gasteiger charge is 1.97. The number of esters is 1. The van der Waals surface area contributed by atoms with Crippen LogP contribution < -0.4 is 5.73 Å². The van der Waals surface area contributed by atoms with Gasteiger partial charge in [-0.3, -0.25) is 0 Å². The van der Waals surface area contributed by atoms with Gasteiger partial charge >= 0.3 is 5.97 Å². The molecule has 0 saturated heterocycles. The molecule has 0 spiro atoms. The van der Waals surface area contributed by atoms with E-state index in [9.17, 15) is 4.79 Å². The van der Waals surface area contributed by atoms with Crippen molar-refractivity contribution in [1.29, 1.82) is 0 Å². The Morgan fingerprint density at radius 2 is 1.59 bits per heavy atom. The molecule has 0 rings (SSSR count). The second kappa shape index (κ2) is 11.5. The molecule has 0 atom stereocenters.